The van der Waals surface area contributed by atoms with E-state index < -0.39 is 54.0 Å². The van der Waals surface area contributed by atoms with Crippen molar-refractivity contribution in [3.63, 3.8) is 0 Å². The van der Waals surface area contributed by atoms with Gasteiger partial charge in [0.25, 0.3) is 11.5 Å². The number of hydrogen-bond acceptors (Lipinski definition) is 6. The Balaban J connectivity index is 1.53. The maximum Gasteiger partial charge on any atom is 0.274 e. The van der Waals surface area contributed by atoms with Gasteiger partial charge in [-0.2, -0.15) is 0 Å². The number of hydrogen-bond donors (Lipinski definition) is 2. The van der Waals surface area contributed by atoms with E-state index in [0.717, 1.165) is 18.2 Å². The standard InChI is InChI=1S/C24H21F2N5O4/c25-14-6-13(7-15(26)8-14)9-29-23(34)21-16(12-32)19-11-30-18(2-1-3-20(30)33)22(21)31(19)24(35)17-10-27-4-5-28-17/h1-8,10,16,19,21-22,32H,9,11-12H2,(H,29,34)/t16-,19-,21+,22+/m0/s1. The lowest BCUT2D eigenvalue weighted by molar-refractivity contribution is -0.127. The molecule has 2 N–H and O–H groups in total. The molecule has 1 fully saturated rings. The molecule has 5 rings (SSSR count). The molecule has 35 heavy (non-hydrogen) atoms. The van der Waals surface area contributed by atoms with Gasteiger partial charge in [-0.15, -0.1) is 0 Å². The lowest BCUT2D eigenvalue weighted by Crippen LogP contribution is -2.49. The molecule has 0 spiro atoms. The monoisotopic (exact) mass is 481 g/mol. The summed E-state index contributed by atoms with van der Waals surface area (Å²) >= 11 is 0. The van der Waals surface area contributed by atoms with Gasteiger partial charge in [0.05, 0.1) is 24.2 Å². The molecule has 2 aliphatic rings. The molecular weight excluding hydrogens is 460 g/mol. The molecule has 11 heteroatoms. The topological polar surface area (TPSA) is 117 Å². The zero-order chi connectivity index (χ0) is 24.7. The molecular formula is C24H21F2N5O4. The Kier molecular flexibility index (Phi) is 5.85. The SMILES string of the molecule is O=C(NCc1cc(F)cc(F)c1)[C@@H]1[C@@H](CO)[C@@H]2Cn3c(cccc3=O)[C@H]1N2C(=O)c1cnccn1. The van der Waals surface area contributed by atoms with Crippen LogP contribution in [0.4, 0.5) is 8.78 Å². The smallest absolute Gasteiger partial charge is 0.274 e. The van der Waals surface area contributed by atoms with Crippen LogP contribution in [0.5, 0.6) is 0 Å². The first-order chi connectivity index (χ1) is 16.9. The molecule has 2 amide bonds. The summed E-state index contributed by atoms with van der Waals surface area (Å²) in [6.07, 6.45) is 4.12. The number of aliphatic hydroxyl groups is 1. The Labute approximate surface area is 198 Å². The van der Waals surface area contributed by atoms with Crippen LogP contribution in [0.3, 0.4) is 0 Å². The van der Waals surface area contributed by atoms with Crippen molar-refractivity contribution in [3.8, 4) is 0 Å². The van der Waals surface area contributed by atoms with Gasteiger partial charge in [0.2, 0.25) is 5.91 Å². The third-order valence-corrected chi connectivity index (χ3v) is 6.63. The van der Waals surface area contributed by atoms with Crippen LogP contribution < -0.4 is 10.9 Å². The van der Waals surface area contributed by atoms with Crippen molar-refractivity contribution in [1.82, 2.24) is 24.8 Å². The maximum atomic E-state index is 13.6. The van der Waals surface area contributed by atoms with E-state index in [2.05, 4.69) is 15.3 Å². The van der Waals surface area contributed by atoms with Crippen molar-refractivity contribution in [2.45, 2.75) is 25.2 Å². The van der Waals surface area contributed by atoms with Crippen LogP contribution >= 0.6 is 0 Å². The van der Waals surface area contributed by atoms with E-state index in [0.29, 0.717) is 5.69 Å². The number of nitrogens with one attached hydrogen (secondary N) is 1. The van der Waals surface area contributed by atoms with E-state index in [-0.39, 0.29) is 29.9 Å². The number of fused-ring (bicyclic) bond motifs is 4. The van der Waals surface area contributed by atoms with Gasteiger partial charge < -0.3 is 19.9 Å². The van der Waals surface area contributed by atoms with E-state index >= 15 is 0 Å². The minimum absolute atomic E-state index is 0.0715. The Hall–Kier alpha value is -3.99. The van der Waals surface area contributed by atoms with E-state index in [1.165, 1.54) is 34.1 Å². The van der Waals surface area contributed by atoms with Crippen molar-refractivity contribution in [1.29, 1.82) is 0 Å². The number of rotatable bonds is 5. The maximum absolute atomic E-state index is 13.6. The molecule has 2 aliphatic heterocycles. The molecule has 1 aromatic carbocycles. The van der Waals surface area contributed by atoms with Crippen molar-refractivity contribution < 1.29 is 23.5 Å². The van der Waals surface area contributed by atoms with E-state index in [4.69, 9.17) is 0 Å². The molecule has 180 valence electrons. The molecule has 4 atom stereocenters. The van der Waals surface area contributed by atoms with Gasteiger partial charge in [0.1, 0.15) is 17.3 Å². The molecule has 0 unspecified atom stereocenters. The number of amides is 2. The summed E-state index contributed by atoms with van der Waals surface area (Å²) in [7, 11) is 0. The Morgan fingerprint density at radius 2 is 1.91 bits per heavy atom. The second-order valence-electron chi connectivity index (χ2n) is 8.58. The molecule has 2 aromatic heterocycles. The van der Waals surface area contributed by atoms with Gasteiger partial charge in [0.15, 0.2) is 0 Å². The predicted molar refractivity (Wildman–Crippen MR) is 118 cm³/mol. The van der Waals surface area contributed by atoms with Gasteiger partial charge in [-0.1, -0.05) is 6.07 Å². The summed E-state index contributed by atoms with van der Waals surface area (Å²) in [5, 5.41) is 13.0. The van der Waals surface area contributed by atoms with Crippen LogP contribution in [0.1, 0.15) is 27.8 Å². The fourth-order valence-electron chi connectivity index (χ4n) is 5.20. The molecule has 9 nitrogen and oxygen atoms in total. The van der Waals surface area contributed by atoms with Crippen molar-refractivity contribution in [2.24, 2.45) is 11.8 Å². The van der Waals surface area contributed by atoms with Crippen molar-refractivity contribution in [3.05, 3.63) is 93.9 Å². The van der Waals surface area contributed by atoms with Crippen molar-refractivity contribution >= 4 is 11.8 Å². The average Bonchev–Trinajstić information content (AvgIpc) is 3.09. The summed E-state index contributed by atoms with van der Waals surface area (Å²) in [6.45, 7) is -0.471. The second kappa shape index (κ2) is 8.99. The summed E-state index contributed by atoms with van der Waals surface area (Å²) in [5.74, 6) is -4.13. The van der Waals surface area contributed by atoms with Crippen molar-refractivity contribution in [2.75, 3.05) is 6.61 Å². The first-order valence-electron chi connectivity index (χ1n) is 11.0. The quantitative estimate of drug-likeness (QED) is 0.562. The number of halogens is 2. The van der Waals surface area contributed by atoms with E-state index in [1.807, 2.05) is 0 Å². The zero-order valence-corrected chi connectivity index (χ0v) is 18.3. The number of carbonyl (C=O) groups excluding carboxylic acids is 2. The molecule has 0 saturated carbocycles. The van der Waals surface area contributed by atoms with Crippen LogP contribution in [0.2, 0.25) is 0 Å². The fourth-order valence-corrected chi connectivity index (χ4v) is 5.20. The predicted octanol–water partition coefficient (Wildman–Crippen LogP) is 1.04. The highest BCUT2D eigenvalue weighted by Crippen LogP contribution is 2.48. The number of benzene rings is 1. The highest BCUT2D eigenvalue weighted by atomic mass is 19.1. The van der Waals surface area contributed by atoms with Crippen LogP contribution in [0.25, 0.3) is 0 Å². The average molecular weight is 481 g/mol. The van der Waals surface area contributed by atoms with Gasteiger partial charge >= 0.3 is 0 Å². The lowest BCUT2D eigenvalue weighted by Gasteiger charge is -2.37. The minimum atomic E-state index is -0.917. The summed E-state index contributed by atoms with van der Waals surface area (Å²) in [5.41, 5.74) is 0.472. The number of nitrogens with zero attached hydrogens (tertiary/aromatic N) is 4. The zero-order valence-electron chi connectivity index (χ0n) is 18.3. The third-order valence-electron chi connectivity index (χ3n) is 6.63. The van der Waals surface area contributed by atoms with Crippen LogP contribution in [0, 0.1) is 23.5 Å². The summed E-state index contributed by atoms with van der Waals surface area (Å²) in [6, 6.07) is 6.05. The van der Waals surface area contributed by atoms with Gasteiger partial charge in [-0.25, -0.2) is 13.8 Å². The second-order valence-corrected chi connectivity index (χ2v) is 8.58. The molecule has 0 radical (unpaired) electrons. The van der Waals surface area contributed by atoms with Gasteiger partial charge in [0, 0.05) is 55.8 Å². The normalized spacial score (nSPS) is 22.5. The number of aliphatic hydroxyl groups excluding tert-OH is 1. The van der Waals surface area contributed by atoms with Crippen LogP contribution in [-0.4, -0.2) is 49.0 Å². The van der Waals surface area contributed by atoms with Gasteiger partial charge in [-0.05, 0) is 23.8 Å². The first-order valence-corrected chi connectivity index (χ1v) is 11.0. The van der Waals surface area contributed by atoms with E-state index in [1.54, 1.807) is 12.1 Å². The summed E-state index contributed by atoms with van der Waals surface area (Å²) < 4.78 is 28.7. The molecule has 2 bridgehead atoms. The van der Waals surface area contributed by atoms with Gasteiger partial charge in [-0.3, -0.25) is 19.4 Å². The molecule has 4 heterocycles. The Morgan fingerprint density at radius 3 is 2.60 bits per heavy atom. The minimum Gasteiger partial charge on any atom is -0.396 e. The number of pyridine rings is 1. The van der Waals surface area contributed by atoms with E-state index in [9.17, 15) is 28.3 Å². The van der Waals surface area contributed by atoms with Crippen LogP contribution in [-0.2, 0) is 17.9 Å². The van der Waals surface area contributed by atoms with Crippen LogP contribution in [0.15, 0.2) is 59.8 Å². The Bertz CT molecular complexity index is 1330. The lowest BCUT2D eigenvalue weighted by atomic mass is 9.86. The number of carbonyl (C=O) groups is 2. The molecule has 3 aromatic rings. The highest BCUT2D eigenvalue weighted by Gasteiger charge is 2.57. The highest BCUT2D eigenvalue weighted by molar-refractivity contribution is 5.94. The Morgan fingerprint density at radius 1 is 1.14 bits per heavy atom. The number of aromatic nitrogens is 3. The summed E-state index contributed by atoms with van der Waals surface area (Å²) in [4.78, 5) is 49.0. The first kappa shape index (κ1) is 22.8. The largest absolute Gasteiger partial charge is 0.396 e. The fraction of sp³-hybridized carbons (Fsp3) is 0.292. The molecule has 1 saturated heterocycles. The third kappa shape index (κ3) is 3.97. The molecule has 0 aliphatic carbocycles.